The van der Waals surface area contributed by atoms with Gasteiger partial charge >= 0.3 is 6.61 Å². The Morgan fingerprint density at radius 2 is 2.04 bits per heavy atom. The van der Waals surface area contributed by atoms with Crippen molar-refractivity contribution in [3.63, 3.8) is 0 Å². The maximum absolute atomic E-state index is 12.6. The summed E-state index contributed by atoms with van der Waals surface area (Å²) in [6, 6.07) is 12.8. The van der Waals surface area contributed by atoms with Crippen molar-refractivity contribution in [1.82, 2.24) is 9.78 Å². The predicted octanol–water partition coefficient (Wildman–Crippen LogP) is 4.74. The van der Waals surface area contributed by atoms with E-state index in [0.717, 1.165) is 0 Å². The van der Waals surface area contributed by atoms with Gasteiger partial charge in [0.25, 0.3) is 5.91 Å². The number of hydrogen-bond acceptors (Lipinski definition) is 4. The smallest absolute Gasteiger partial charge is 0.387 e. The first-order valence-electron chi connectivity index (χ1n) is 8.20. The number of amides is 1. The van der Waals surface area contributed by atoms with Crippen LogP contribution in [0.3, 0.4) is 0 Å². The summed E-state index contributed by atoms with van der Waals surface area (Å²) in [5.74, 6) is 0.0612. The number of halogens is 3. The summed E-state index contributed by atoms with van der Waals surface area (Å²) < 4.78 is 35.9. The molecular weight excluding hydrogens is 392 g/mol. The number of anilines is 1. The van der Waals surface area contributed by atoms with Crippen LogP contribution >= 0.6 is 11.6 Å². The van der Waals surface area contributed by atoms with Gasteiger partial charge < -0.3 is 14.8 Å². The quantitative estimate of drug-likeness (QED) is 0.614. The topological polar surface area (TPSA) is 65.4 Å². The van der Waals surface area contributed by atoms with Crippen LogP contribution in [0.5, 0.6) is 11.5 Å². The van der Waals surface area contributed by atoms with Crippen LogP contribution in [0.1, 0.15) is 16.1 Å². The Balaban J connectivity index is 1.69. The van der Waals surface area contributed by atoms with E-state index in [4.69, 9.17) is 16.3 Å². The number of carbonyl (C=O) groups excluding carboxylic acids is 1. The van der Waals surface area contributed by atoms with Crippen LogP contribution in [-0.2, 0) is 6.73 Å². The number of aromatic nitrogens is 2. The van der Waals surface area contributed by atoms with Crippen LogP contribution in [0.25, 0.3) is 0 Å². The number of rotatable bonds is 7. The highest BCUT2D eigenvalue weighted by molar-refractivity contribution is 6.32. The van der Waals surface area contributed by atoms with E-state index < -0.39 is 12.5 Å². The molecule has 0 aliphatic heterocycles. The number of ether oxygens (including phenoxy) is 2. The van der Waals surface area contributed by atoms with Crippen molar-refractivity contribution in [2.24, 2.45) is 0 Å². The molecule has 0 atom stereocenters. The molecule has 2 aromatic carbocycles. The largest absolute Gasteiger partial charge is 0.470 e. The summed E-state index contributed by atoms with van der Waals surface area (Å²) in [4.78, 5) is 12.6. The van der Waals surface area contributed by atoms with Gasteiger partial charge in [0.15, 0.2) is 6.73 Å². The Kier molecular flexibility index (Phi) is 6.10. The van der Waals surface area contributed by atoms with Crippen LogP contribution in [0.15, 0.2) is 54.7 Å². The number of aryl methyl sites for hydroxylation is 1. The van der Waals surface area contributed by atoms with Crippen molar-refractivity contribution in [1.29, 1.82) is 0 Å². The van der Waals surface area contributed by atoms with E-state index in [1.807, 2.05) is 0 Å². The standard InChI is InChI=1S/C19H16ClF2N3O3/c1-12-10-13(28-19(21)22)6-7-15(12)24-18(26)16-8-9-23-25(16)11-27-17-5-3-2-4-14(17)20/h2-10,19H,11H2,1H3,(H,24,26). The number of benzene rings is 2. The van der Waals surface area contributed by atoms with Gasteiger partial charge in [0.2, 0.25) is 0 Å². The summed E-state index contributed by atoms with van der Waals surface area (Å²) >= 11 is 6.04. The van der Waals surface area contributed by atoms with Crippen LogP contribution in [0, 0.1) is 6.92 Å². The van der Waals surface area contributed by atoms with E-state index in [0.29, 0.717) is 22.0 Å². The maximum atomic E-state index is 12.6. The lowest BCUT2D eigenvalue weighted by Crippen LogP contribution is -2.20. The zero-order chi connectivity index (χ0) is 20.1. The number of hydrogen-bond donors (Lipinski definition) is 1. The molecule has 1 heterocycles. The Labute approximate surface area is 164 Å². The Morgan fingerprint density at radius 1 is 1.25 bits per heavy atom. The van der Waals surface area contributed by atoms with E-state index in [2.05, 4.69) is 15.2 Å². The van der Waals surface area contributed by atoms with E-state index >= 15 is 0 Å². The van der Waals surface area contributed by atoms with Gasteiger partial charge in [0.1, 0.15) is 17.2 Å². The van der Waals surface area contributed by atoms with Gasteiger partial charge in [0, 0.05) is 11.9 Å². The molecular formula is C19H16ClF2N3O3. The minimum absolute atomic E-state index is 0.0143. The molecule has 0 saturated carbocycles. The summed E-state index contributed by atoms with van der Waals surface area (Å²) in [5, 5.41) is 7.24. The minimum Gasteiger partial charge on any atom is -0.470 e. The highest BCUT2D eigenvalue weighted by Crippen LogP contribution is 2.24. The molecule has 9 heteroatoms. The monoisotopic (exact) mass is 407 g/mol. The third kappa shape index (κ3) is 4.77. The third-order valence-electron chi connectivity index (χ3n) is 3.80. The predicted molar refractivity (Wildman–Crippen MR) is 100 cm³/mol. The van der Waals surface area contributed by atoms with Gasteiger partial charge in [-0.2, -0.15) is 13.9 Å². The fraction of sp³-hybridized carbons (Fsp3) is 0.158. The van der Waals surface area contributed by atoms with E-state index in [1.54, 1.807) is 31.2 Å². The SMILES string of the molecule is Cc1cc(OC(F)F)ccc1NC(=O)c1ccnn1COc1ccccc1Cl. The van der Waals surface area contributed by atoms with Gasteiger partial charge in [0.05, 0.1) is 5.02 Å². The van der Waals surface area contributed by atoms with Gasteiger partial charge in [-0.25, -0.2) is 4.68 Å². The second-order valence-corrected chi connectivity index (χ2v) is 6.14. The lowest BCUT2D eigenvalue weighted by atomic mass is 10.2. The molecule has 1 aromatic heterocycles. The molecule has 0 radical (unpaired) electrons. The molecule has 0 bridgehead atoms. The Hall–Kier alpha value is -3.13. The second-order valence-electron chi connectivity index (χ2n) is 5.73. The molecule has 1 amide bonds. The summed E-state index contributed by atoms with van der Waals surface area (Å²) in [5.41, 5.74) is 1.30. The molecule has 146 valence electrons. The van der Waals surface area contributed by atoms with Gasteiger partial charge in [-0.15, -0.1) is 0 Å². The van der Waals surface area contributed by atoms with Crippen LogP contribution in [0.4, 0.5) is 14.5 Å². The first-order chi connectivity index (χ1) is 13.4. The van der Waals surface area contributed by atoms with E-state index in [-0.39, 0.29) is 18.2 Å². The van der Waals surface area contributed by atoms with Gasteiger partial charge in [-0.1, -0.05) is 23.7 Å². The van der Waals surface area contributed by atoms with Crippen molar-refractivity contribution in [3.05, 3.63) is 71.0 Å². The molecule has 0 saturated heterocycles. The normalized spacial score (nSPS) is 10.8. The first-order valence-corrected chi connectivity index (χ1v) is 8.58. The average Bonchev–Trinajstić information content (AvgIpc) is 3.11. The second kappa shape index (κ2) is 8.71. The fourth-order valence-corrected chi connectivity index (χ4v) is 2.65. The van der Waals surface area contributed by atoms with Gasteiger partial charge in [-0.05, 0) is 48.9 Å². The molecule has 28 heavy (non-hydrogen) atoms. The number of carbonyl (C=O) groups is 1. The summed E-state index contributed by atoms with van der Waals surface area (Å²) in [7, 11) is 0. The summed E-state index contributed by atoms with van der Waals surface area (Å²) in [6.45, 7) is -1.25. The van der Waals surface area contributed by atoms with Crippen molar-refractivity contribution in [2.75, 3.05) is 5.32 Å². The molecule has 3 aromatic rings. The van der Waals surface area contributed by atoms with Crippen molar-refractivity contribution in [3.8, 4) is 11.5 Å². The third-order valence-corrected chi connectivity index (χ3v) is 4.11. The molecule has 0 aliphatic carbocycles. The molecule has 0 fully saturated rings. The Morgan fingerprint density at radius 3 is 2.75 bits per heavy atom. The first kappa shape index (κ1) is 19.6. The molecule has 0 unspecified atom stereocenters. The summed E-state index contributed by atoms with van der Waals surface area (Å²) in [6.07, 6.45) is 1.47. The Bertz CT molecular complexity index is 979. The zero-order valence-electron chi connectivity index (χ0n) is 14.7. The fourth-order valence-electron chi connectivity index (χ4n) is 2.46. The van der Waals surface area contributed by atoms with Crippen LogP contribution in [-0.4, -0.2) is 22.3 Å². The maximum Gasteiger partial charge on any atom is 0.387 e. The van der Waals surface area contributed by atoms with Gasteiger partial charge in [-0.3, -0.25) is 4.79 Å². The van der Waals surface area contributed by atoms with Crippen molar-refractivity contribution < 1.29 is 23.0 Å². The lowest BCUT2D eigenvalue weighted by molar-refractivity contribution is -0.0498. The zero-order valence-corrected chi connectivity index (χ0v) is 15.5. The molecule has 3 rings (SSSR count). The molecule has 0 aliphatic rings. The van der Waals surface area contributed by atoms with Crippen LogP contribution < -0.4 is 14.8 Å². The highest BCUT2D eigenvalue weighted by atomic mass is 35.5. The van der Waals surface area contributed by atoms with Crippen molar-refractivity contribution in [2.45, 2.75) is 20.3 Å². The average molecular weight is 408 g/mol. The number of alkyl halides is 2. The number of para-hydroxylation sites is 1. The minimum atomic E-state index is -2.91. The molecule has 6 nitrogen and oxygen atoms in total. The highest BCUT2D eigenvalue weighted by Gasteiger charge is 2.15. The molecule has 0 spiro atoms. The molecule has 1 N–H and O–H groups in total. The number of nitrogens with zero attached hydrogens (tertiary/aromatic N) is 2. The van der Waals surface area contributed by atoms with E-state index in [9.17, 15) is 13.6 Å². The van der Waals surface area contributed by atoms with Crippen molar-refractivity contribution >= 4 is 23.2 Å². The van der Waals surface area contributed by atoms with Crippen LogP contribution in [0.2, 0.25) is 5.02 Å². The lowest BCUT2D eigenvalue weighted by Gasteiger charge is -2.13. The van der Waals surface area contributed by atoms with E-state index in [1.165, 1.54) is 35.1 Å². The number of nitrogens with one attached hydrogen (secondary N) is 1.